The second-order valence-electron chi connectivity index (χ2n) is 15.3. The van der Waals surface area contributed by atoms with Gasteiger partial charge in [-0.15, -0.1) is 22.6 Å². The van der Waals surface area contributed by atoms with E-state index in [0.29, 0.717) is 37.9 Å². The summed E-state index contributed by atoms with van der Waals surface area (Å²) in [7, 11) is -3.36. The minimum Gasteiger partial charge on any atom is -0.434 e. The van der Waals surface area contributed by atoms with E-state index in [1.807, 2.05) is 27.7 Å². The van der Waals surface area contributed by atoms with Crippen LogP contribution in [0, 0.1) is 22.6 Å². The zero-order valence-corrected chi connectivity index (χ0v) is 30.5. The number of ether oxygens (including phenoxy) is 1. The minimum absolute atomic E-state index is 0. The highest BCUT2D eigenvalue weighted by Gasteiger charge is 2.54. The molecule has 1 aromatic carbocycles. The molecule has 1 atom stereocenters. The highest BCUT2D eigenvalue weighted by atomic mass is 35.5. The maximum Gasteiger partial charge on any atom is 0.282 e. The number of nitrogens with one attached hydrogen (secondary N) is 1. The smallest absolute Gasteiger partial charge is 0.282 e. The lowest BCUT2D eigenvalue weighted by Crippen LogP contribution is -2.73. The molecule has 49 heavy (non-hydrogen) atoms. The lowest BCUT2D eigenvalue weighted by molar-refractivity contribution is -0.0435. The van der Waals surface area contributed by atoms with Crippen LogP contribution in [0.25, 0.3) is 0 Å². The topological polar surface area (TPSA) is 127 Å². The fourth-order valence-electron chi connectivity index (χ4n) is 8.42. The molecule has 5 saturated heterocycles. The number of hydrogen-bond acceptors (Lipinski definition) is 10. The van der Waals surface area contributed by atoms with Crippen LogP contribution < -0.4 is 15.0 Å². The Morgan fingerprint density at radius 2 is 1.73 bits per heavy atom. The van der Waals surface area contributed by atoms with E-state index in [0.717, 1.165) is 65.1 Å². The second kappa shape index (κ2) is 13.8. The van der Waals surface area contributed by atoms with Crippen molar-refractivity contribution in [1.29, 1.82) is 0 Å². The first-order valence-electron chi connectivity index (χ1n) is 17.3. The molecule has 1 N–H and O–H groups in total. The van der Waals surface area contributed by atoms with E-state index in [2.05, 4.69) is 30.3 Å². The van der Waals surface area contributed by atoms with Crippen molar-refractivity contribution in [3.05, 3.63) is 35.9 Å². The summed E-state index contributed by atoms with van der Waals surface area (Å²) in [6, 6.07) is 3.78. The van der Waals surface area contributed by atoms with Gasteiger partial charge in [0.05, 0.1) is 5.56 Å². The number of amides is 1. The highest BCUT2D eigenvalue weighted by Crippen LogP contribution is 2.44. The number of rotatable bonds is 10. The van der Waals surface area contributed by atoms with Gasteiger partial charge in [0.25, 0.3) is 22.0 Å². The van der Waals surface area contributed by atoms with E-state index in [1.54, 1.807) is 13.5 Å². The number of likely N-dealkylation sites (tertiary alicyclic amines) is 1. The number of anilines is 1. The summed E-state index contributed by atoms with van der Waals surface area (Å²) in [5.74, 6) is 0.536. The Kier molecular flexibility index (Phi) is 10.2. The number of carbonyl (C=O) groups is 1. The Labute approximate surface area is 295 Å². The van der Waals surface area contributed by atoms with Crippen LogP contribution in [-0.4, -0.2) is 132 Å². The second-order valence-corrected chi connectivity index (χ2v) is 17.2. The van der Waals surface area contributed by atoms with Gasteiger partial charge in [0, 0.05) is 89.5 Å². The first-order chi connectivity index (χ1) is 22.9. The monoisotopic (exact) mass is 721 g/mol. The summed E-state index contributed by atoms with van der Waals surface area (Å²) in [6.07, 6.45) is 4.20. The molecule has 2 aromatic rings. The standard InChI is InChI=1S/C33H48FN9O4S.ClH/c1-23(2)43(24(3)4)31(44)27-13-26(34)5-6-28(27)47-30-29(36-22-37-38-30)40-10-7-25(15-40)14-39-18-32(19-39)8-11-41(12-9-32)48(45,46)42-20-33(21-42)16-35-17-33;/h5-6,13,22-25,35H,7-12,14-21H2,1-4H3;1H/t25-;/m0./s1. The molecule has 16 heteroatoms. The summed E-state index contributed by atoms with van der Waals surface area (Å²) < 4.78 is 50.3. The normalized spacial score (nSPS) is 23.7. The summed E-state index contributed by atoms with van der Waals surface area (Å²) in [6.45, 7) is 16.6. The predicted molar refractivity (Wildman–Crippen MR) is 186 cm³/mol. The Hall–Kier alpha value is -2.69. The average Bonchev–Trinajstić information content (AvgIpc) is 3.44. The molecule has 1 amide bonds. The lowest BCUT2D eigenvalue weighted by atomic mass is 9.72. The van der Waals surface area contributed by atoms with Crippen molar-refractivity contribution in [2.45, 2.75) is 59.0 Å². The van der Waals surface area contributed by atoms with Crippen LogP contribution in [0.3, 0.4) is 0 Å². The van der Waals surface area contributed by atoms with Crippen LogP contribution in [-0.2, 0) is 10.2 Å². The Morgan fingerprint density at radius 3 is 2.37 bits per heavy atom. The first kappa shape index (κ1) is 36.1. The molecule has 5 fully saturated rings. The maximum absolute atomic E-state index is 14.4. The summed E-state index contributed by atoms with van der Waals surface area (Å²) in [5, 5.41) is 11.4. The van der Waals surface area contributed by atoms with E-state index < -0.39 is 16.0 Å². The van der Waals surface area contributed by atoms with Crippen molar-refractivity contribution in [3.63, 3.8) is 0 Å². The Bertz CT molecular complexity index is 1610. The largest absolute Gasteiger partial charge is 0.434 e. The van der Waals surface area contributed by atoms with Crippen molar-refractivity contribution in [2.75, 3.05) is 76.9 Å². The quantitative estimate of drug-likeness (QED) is 0.392. The predicted octanol–water partition coefficient (Wildman–Crippen LogP) is 2.86. The zero-order chi connectivity index (χ0) is 33.8. The third kappa shape index (κ3) is 6.98. The molecule has 2 spiro atoms. The van der Waals surface area contributed by atoms with Crippen LogP contribution >= 0.6 is 12.4 Å². The number of aromatic nitrogens is 3. The molecule has 0 saturated carbocycles. The minimum atomic E-state index is -3.36. The zero-order valence-electron chi connectivity index (χ0n) is 28.8. The van der Waals surface area contributed by atoms with Crippen LogP contribution in [0.2, 0.25) is 0 Å². The van der Waals surface area contributed by atoms with Gasteiger partial charge in [-0.05, 0) is 76.5 Å². The van der Waals surface area contributed by atoms with E-state index in [4.69, 9.17) is 4.74 Å². The van der Waals surface area contributed by atoms with Gasteiger partial charge in [-0.3, -0.25) is 4.79 Å². The van der Waals surface area contributed by atoms with Gasteiger partial charge in [-0.2, -0.15) is 17.0 Å². The third-order valence-corrected chi connectivity index (χ3v) is 12.9. The molecule has 13 nitrogen and oxygen atoms in total. The number of carbonyl (C=O) groups excluding carboxylic acids is 1. The molecule has 0 radical (unpaired) electrons. The van der Waals surface area contributed by atoms with Crippen LogP contribution in [0.1, 0.15) is 57.3 Å². The molecular weight excluding hydrogens is 673 g/mol. The van der Waals surface area contributed by atoms with Crippen molar-refractivity contribution in [1.82, 2.24) is 38.9 Å². The number of hydrogen-bond donors (Lipinski definition) is 1. The molecule has 0 aliphatic carbocycles. The Morgan fingerprint density at radius 1 is 1.04 bits per heavy atom. The van der Waals surface area contributed by atoms with E-state index in [9.17, 15) is 17.6 Å². The van der Waals surface area contributed by atoms with E-state index in [1.165, 1.54) is 24.5 Å². The molecule has 270 valence electrons. The van der Waals surface area contributed by atoms with Crippen molar-refractivity contribution in [2.24, 2.45) is 16.7 Å². The number of halogens is 2. The molecular formula is C33H49ClFN9O4S. The maximum atomic E-state index is 14.4. The van der Waals surface area contributed by atoms with Crippen molar-refractivity contribution >= 4 is 34.3 Å². The summed E-state index contributed by atoms with van der Waals surface area (Å²) in [5.41, 5.74) is 0.521. The van der Waals surface area contributed by atoms with Gasteiger partial charge in [-0.25, -0.2) is 9.37 Å². The molecule has 6 heterocycles. The van der Waals surface area contributed by atoms with E-state index >= 15 is 0 Å². The van der Waals surface area contributed by atoms with Gasteiger partial charge < -0.3 is 24.8 Å². The average molecular weight is 722 g/mol. The summed E-state index contributed by atoms with van der Waals surface area (Å²) >= 11 is 0. The summed E-state index contributed by atoms with van der Waals surface area (Å²) in [4.78, 5) is 24.4. The first-order valence-corrected chi connectivity index (χ1v) is 18.7. The van der Waals surface area contributed by atoms with E-state index in [-0.39, 0.29) is 58.4 Å². The molecule has 7 rings (SSSR count). The third-order valence-electron chi connectivity index (χ3n) is 11.0. The fourth-order valence-corrected chi connectivity index (χ4v) is 10.3. The number of benzene rings is 1. The number of nitrogens with zero attached hydrogens (tertiary/aromatic N) is 8. The fraction of sp³-hybridized carbons (Fsp3) is 0.697. The molecule has 1 aromatic heterocycles. The van der Waals surface area contributed by atoms with Crippen molar-refractivity contribution < 1.29 is 22.3 Å². The van der Waals surface area contributed by atoms with Crippen LogP contribution in [0.4, 0.5) is 10.2 Å². The molecule has 0 bridgehead atoms. The molecule has 5 aliphatic rings. The van der Waals surface area contributed by atoms with Crippen LogP contribution in [0.15, 0.2) is 24.5 Å². The van der Waals surface area contributed by atoms with Gasteiger partial charge in [0.15, 0.2) is 5.82 Å². The van der Waals surface area contributed by atoms with Crippen molar-refractivity contribution in [3.8, 4) is 11.6 Å². The van der Waals surface area contributed by atoms with Gasteiger partial charge in [0.1, 0.15) is 17.9 Å². The highest BCUT2D eigenvalue weighted by molar-refractivity contribution is 7.86. The SMILES string of the molecule is CC(C)N(C(=O)c1cc(F)ccc1Oc1nncnc1N1CC[C@@H](CN2CC3(CCN(S(=O)(=O)N4CC5(CNC5)C4)CC3)C2)C1)C(C)C.Cl. The van der Waals surface area contributed by atoms with Gasteiger partial charge in [-0.1, -0.05) is 0 Å². The Balaban J connectivity index is 0.00000417. The number of piperidine rings is 1. The van der Waals surface area contributed by atoms with Gasteiger partial charge in [0.2, 0.25) is 0 Å². The van der Waals surface area contributed by atoms with Crippen LogP contribution in [0.5, 0.6) is 11.6 Å². The van der Waals surface area contributed by atoms with Gasteiger partial charge >= 0.3 is 0 Å². The molecule has 5 aliphatic heterocycles. The molecule has 0 unspecified atom stereocenters. The lowest BCUT2D eigenvalue weighted by Gasteiger charge is -2.57.